The van der Waals surface area contributed by atoms with Crippen molar-refractivity contribution in [3.63, 3.8) is 0 Å². The van der Waals surface area contributed by atoms with E-state index in [9.17, 15) is 4.21 Å². The SMILES string of the molecule is CCC(S(=O)C(CC)[Si](OC)(OC)OC)[Si](OC)(OC)OC. The Morgan fingerprint density at radius 1 is 0.682 bits per heavy atom. The molecule has 0 spiro atoms. The molecule has 0 bridgehead atoms. The molecule has 134 valence electrons. The molecule has 0 aliphatic rings. The Bertz CT molecular complexity index is 291. The molecule has 0 aliphatic heterocycles. The fraction of sp³-hybridized carbons (Fsp3) is 1.00. The predicted octanol–water partition coefficient (Wildman–Crippen LogP) is 1.13. The molecule has 2 unspecified atom stereocenters. The van der Waals surface area contributed by atoms with Crippen LogP contribution in [0, 0.1) is 0 Å². The summed E-state index contributed by atoms with van der Waals surface area (Å²) in [6, 6.07) is 0. The topological polar surface area (TPSA) is 72.5 Å². The van der Waals surface area contributed by atoms with Crippen LogP contribution in [0.2, 0.25) is 0 Å². The van der Waals surface area contributed by atoms with Crippen LogP contribution in [-0.4, -0.2) is 74.2 Å². The van der Waals surface area contributed by atoms with Gasteiger partial charge < -0.3 is 26.6 Å². The Morgan fingerprint density at radius 3 is 1.05 bits per heavy atom. The van der Waals surface area contributed by atoms with E-state index in [2.05, 4.69) is 0 Å². The monoisotopic (exact) mass is 374 g/mol. The van der Waals surface area contributed by atoms with Crippen molar-refractivity contribution < 1.29 is 30.8 Å². The maximum absolute atomic E-state index is 13.3. The minimum absolute atomic E-state index is 0.384. The van der Waals surface area contributed by atoms with Crippen molar-refractivity contribution in [1.82, 2.24) is 0 Å². The van der Waals surface area contributed by atoms with Gasteiger partial charge in [0.15, 0.2) is 0 Å². The number of hydrogen-bond donors (Lipinski definition) is 0. The van der Waals surface area contributed by atoms with Gasteiger partial charge in [0.2, 0.25) is 0 Å². The maximum Gasteiger partial charge on any atom is 0.516 e. The van der Waals surface area contributed by atoms with Gasteiger partial charge in [-0.3, -0.25) is 4.21 Å². The van der Waals surface area contributed by atoms with Gasteiger partial charge in [0.05, 0.1) is 0 Å². The van der Waals surface area contributed by atoms with Gasteiger partial charge in [0.1, 0.15) is 9.75 Å². The zero-order valence-electron chi connectivity index (χ0n) is 14.8. The average Bonchev–Trinajstić information content (AvgIpc) is 2.57. The highest BCUT2D eigenvalue weighted by molar-refractivity contribution is 7.89. The summed E-state index contributed by atoms with van der Waals surface area (Å²) in [7, 11) is 1.67. The van der Waals surface area contributed by atoms with Crippen LogP contribution < -0.4 is 0 Å². The van der Waals surface area contributed by atoms with Crippen LogP contribution in [0.5, 0.6) is 0 Å². The highest BCUT2D eigenvalue weighted by Crippen LogP contribution is 2.28. The zero-order chi connectivity index (χ0) is 17.4. The van der Waals surface area contributed by atoms with E-state index in [1.807, 2.05) is 13.8 Å². The van der Waals surface area contributed by atoms with Gasteiger partial charge in [-0.25, -0.2) is 0 Å². The molecule has 0 N–H and O–H groups in total. The highest BCUT2D eigenvalue weighted by atomic mass is 32.2. The highest BCUT2D eigenvalue weighted by Gasteiger charge is 2.57. The molecule has 0 fully saturated rings. The minimum atomic E-state index is -3.05. The average molecular weight is 375 g/mol. The van der Waals surface area contributed by atoms with E-state index in [0.717, 1.165) is 0 Å². The van der Waals surface area contributed by atoms with Gasteiger partial charge in [-0.05, 0) is 12.8 Å². The smallest absolute Gasteiger partial charge is 0.376 e. The maximum atomic E-state index is 13.3. The standard InChI is InChI=1S/C12H30O7SSi2/c1-9-11(21(14-3,15-4)16-5)20(13)12(10-2)22(17-6,18-7)19-8/h11-12H,9-10H2,1-8H3. The van der Waals surface area contributed by atoms with Crippen LogP contribution >= 0.6 is 0 Å². The van der Waals surface area contributed by atoms with E-state index in [-0.39, 0.29) is 9.75 Å². The van der Waals surface area contributed by atoms with Gasteiger partial charge in [0, 0.05) is 53.5 Å². The van der Waals surface area contributed by atoms with Gasteiger partial charge in [-0.2, -0.15) is 0 Å². The summed E-state index contributed by atoms with van der Waals surface area (Å²) in [5, 5.41) is 0. The lowest BCUT2D eigenvalue weighted by atomic mass is 10.6. The second-order valence-electron chi connectivity index (χ2n) is 4.55. The lowest BCUT2D eigenvalue weighted by Crippen LogP contribution is -2.63. The van der Waals surface area contributed by atoms with Crippen LogP contribution in [0.1, 0.15) is 26.7 Å². The lowest BCUT2D eigenvalue weighted by molar-refractivity contribution is 0.117. The first-order valence-electron chi connectivity index (χ1n) is 7.12. The van der Waals surface area contributed by atoms with E-state index >= 15 is 0 Å². The Balaban J connectivity index is 5.73. The Labute approximate surface area is 138 Å². The second kappa shape index (κ2) is 10.3. The molecule has 0 saturated heterocycles. The molecule has 0 saturated carbocycles. The molecule has 0 heterocycles. The molecule has 0 aromatic rings. The molecule has 0 aromatic heterocycles. The predicted molar refractivity (Wildman–Crippen MR) is 89.9 cm³/mol. The van der Waals surface area contributed by atoms with Crippen molar-refractivity contribution in [2.45, 2.75) is 36.4 Å². The van der Waals surface area contributed by atoms with E-state index < -0.39 is 28.4 Å². The van der Waals surface area contributed by atoms with Gasteiger partial charge >= 0.3 is 17.6 Å². The van der Waals surface area contributed by atoms with Crippen molar-refractivity contribution >= 4 is 28.4 Å². The van der Waals surface area contributed by atoms with Gasteiger partial charge in [-0.15, -0.1) is 0 Å². The van der Waals surface area contributed by atoms with Crippen LogP contribution in [0.4, 0.5) is 0 Å². The molecule has 0 aromatic carbocycles. The second-order valence-corrected chi connectivity index (χ2v) is 13.4. The molecule has 0 amide bonds. The Hall–Kier alpha value is 0.344. The van der Waals surface area contributed by atoms with Gasteiger partial charge in [0.25, 0.3) is 0 Å². The van der Waals surface area contributed by atoms with E-state index in [4.69, 9.17) is 26.6 Å². The van der Waals surface area contributed by atoms with Crippen LogP contribution in [0.15, 0.2) is 0 Å². The molecule has 0 rings (SSSR count). The van der Waals surface area contributed by atoms with Crippen LogP contribution in [0.25, 0.3) is 0 Å². The van der Waals surface area contributed by atoms with Crippen molar-refractivity contribution in [3.8, 4) is 0 Å². The number of rotatable bonds is 12. The molecule has 0 radical (unpaired) electrons. The molecule has 2 atom stereocenters. The van der Waals surface area contributed by atoms with E-state index in [1.165, 1.54) is 42.7 Å². The quantitative estimate of drug-likeness (QED) is 0.474. The summed E-state index contributed by atoms with van der Waals surface area (Å²) in [5.74, 6) is 0. The van der Waals surface area contributed by atoms with Gasteiger partial charge in [-0.1, -0.05) is 13.8 Å². The van der Waals surface area contributed by atoms with Crippen molar-refractivity contribution in [2.75, 3.05) is 42.7 Å². The molecular formula is C12H30O7SSi2. The summed E-state index contributed by atoms with van der Waals surface area (Å²) in [6.45, 7) is 3.87. The third-order valence-corrected chi connectivity index (χ3v) is 14.5. The first-order chi connectivity index (χ1) is 10.4. The Morgan fingerprint density at radius 2 is 0.909 bits per heavy atom. The summed E-state index contributed by atoms with van der Waals surface area (Å²) in [6.07, 6.45) is 1.18. The van der Waals surface area contributed by atoms with E-state index in [1.54, 1.807) is 0 Å². The first-order valence-corrected chi connectivity index (χ1v) is 12.0. The third-order valence-electron chi connectivity index (χ3n) is 3.80. The van der Waals surface area contributed by atoms with Crippen molar-refractivity contribution in [2.24, 2.45) is 0 Å². The summed E-state index contributed by atoms with van der Waals surface area (Å²) >= 11 is 0. The van der Waals surface area contributed by atoms with Crippen molar-refractivity contribution in [3.05, 3.63) is 0 Å². The summed E-state index contributed by atoms with van der Waals surface area (Å²) in [4.78, 5) is -0.769. The molecule has 0 aliphatic carbocycles. The number of hydrogen-bond acceptors (Lipinski definition) is 7. The van der Waals surface area contributed by atoms with E-state index in [0.29, 0.717) is 12.8 Å². The zero-order valence-corrected chi connectivity index (χ0v) is 17.7. The van der Waals surface area contributed by atoms with Crippen LogP contribution in [-0.2, 0) is 37.4 Å². The summed E-state index contributed by atoms with van der Waals surface area (Å²) in [5.41, 5.74) is 0. The molecular weight excluding hydrogens is 344 g/mol. The molecule has 10 heteroatoms. The van der Waals surface area contributed by atoms with Crippen LogP contribution in [0.3, 0.4) is 0 Å². The fourth-order valence-electron chi connectivity index (χ4n) is 2.60. The fourth-order valence-corrected chi connectivity index (χ4v) is 12.6. The Kier molecular flexibility index (Phi) is 10.4. The molecule has 7 nitrogen and oxygen atoms in total. The largest absolute Gasteiger partial charge is 0.516 e. The lowest BCUT2D eigenvalue weighted by Gasteiger charge is -2.37. The third kappa shape index (κ3) is 4.25. The summed E-state index contributed by atoms with van der Waals surface area (Å²) < 4.78 is 46.3. The molecule has 22 heavy (non-hydrogen) atoms. The normalized spacial score (nSPS) is 17.3. The first kappa shape index (κ1) is 22.3. The van der Waals surface area contributed by atoms with Crippen molar-refractivity contribution in [1.29, 1.82) is 0 Å². The minimum Gasteiger partial charge on any atom is -0.376 e.